The van der Waals surface area contributed by atoms with Crippen molar-refractivity contribution < 1.29 is 4.79 Å². The molecule has 1 N–H and O–H groups in total. The van der Waals surface area contributed by atoms with Crippen molar-refractivity contribution in [3.05, 3.63) is 41.7 Å². The Morgan fingerprint density at radius 1 is 1.33 bits per heavy atom. The summed E-state index contributed by atoms with van der Waals surface area (Å²) in [5.74, 6) is 1.54. The molecule has 1 aliphatic heterocycles. The molecule has 1 amide bonds. The minimum atomic E-state index is 0.0213. The monoisotopic (exact) mass is 326 g/mol. The Kier molecular flexibility index (Phi) is 4.98. The van der Waals surface area contributed by atoms with Crippen molar-refractivity contribution in [3.8, 4) is 0 Å². The van der Waals surface area contributed by atoms with Crippen LogP contribution in [0.1, 0.15) is 42.5 Å². The number of aromatic nitrogens is 4. The van der Waals surface area contributed by atoms with E-state index in [0.717, 1.165) is 42.5 Å². The molecule has 0 saturated carbocycles. The van der Waals surface area contributed by atoms with Crippen LogP contribution in [-0.2, 0) is 11.2 Å². The molecule has 7 heteroatoms. The molecule has 1 aliphatic rings. The molecule has 0 spiro atoms. The van der Waals surface area contributed by atoms with Gasteiger partial charge in [-0.25, -0.2) is 19.9 Å². The smallest absolute Gasteiger partial charge is 0.225 e. The molecule has 2 aromatic heterocycles. The molecule has 126 valence electrons. The van der Waals surface area contributed by atoms with Crippen LogP contribution in [-0.4, -0.2) is 39.4 Å². The van der Waals surface area contributed by atoms with E-state index in [1.807, 2.05) is 19.1 Å². The van der Waals surface area contributed by atoms with Crippen LogP contribution in [0.5, 0.6) is 0 Å². The number of amides is 1. The van der Waals surface area contributed by atoms with E-state index in [9.17, 15) is 4.79 Å². The second kappa shape index (κ2) is 7.33. The predicted octanol–water partition coefficient (Wildman–Crippen LogP) is 1.60. The normalized spacial score (nSPS) is 17.1. The number of anilines is 1. The van der Waals surface area contributed by atoms with E-state index in [4.69, 9.17) is 4.98 Å². The highest BCUT2D eigenvalue weighted by Crippen LogP contribution is 2.32. The Bertz CT molecular complexity index is 705. The highest BCUT2D eigenvalue weighted by molar-refractivity contribution is 5.75. The Hall–Kier alpha value is -2.57. The zero-order valence-electron chi connectivity index (χ0n) is 14.1. The SMILES string of the molecule is CNC(=O)CCc1cc(C)nc([C@@H]2CCCN2c2ncccn2)n1. The summed E-state index contributed by atoms with van der Waals surface area (Å²) in [5.41, 5.74) is 1.83. The van der Waals surface area contributed by atoms with Crippen molar-refractivity contribution in [2.75, 3.05) is 18.5 Å². The fraction of sp³-hybridized carbons (Fsp3) is 0.471. The van der Waals surface area contributed by atoms with Gasteiger partial charge >= 0.3 is 0 Å². The molecule has 1 saturated heterocycles. The molecule has 0 unspecified atom stereocenters. The molecule has 7 nitrogen and oxygen atoms in total. The Morgan fingerprint density at radius 2 is 2.12 bits per heavy atom. The maximum atomic E-state index is 11.5. The summed E-state index contributed by atoms with van der Waals surface area (Å²) in [6, 6.07) is 3.85. The second-order valence-corrected chi connectivity index (χ2v) is 5.93. The first kappa shape index (κ1) is 16.3. The maximum absolute atomic E-state index is 11.5. The number of aryl methyl sites for hydroxylation is 2. The average molecular weight is 326 g/mol. The lowest BCUT2D eigenvalue weighted by atomic mass is 10.1. The van der Waals surface area contributed by atoms with Crippen molar-refractivity contribution in [1.82, 2.24) is 25.3 Å². The van der Waals surface area contributed by atoms with Gasteiger partial charge < -0.3 is 10.2 Å². The summed E-state index contributed by atoms with van der Waals surface area (Å²) in [6.45, 7) is 2.87. The Balaban J connectivity index is 1.82. The number of rotatable bonds is 5. The first-order valence-corrected chi connectivity index (χ1v) is 8.26. The van der Waals surface area contributed by atoms with Crippen LogP contribution in [0.25, 0.3) is 0 Å². The van der Waals surface area contributed by atoms with Gasteiger partial charge in [0.1, 0.15) is 0 Å². The number of hydrogen-bond acceptors (Lipinski definition) is 6. The minimum Gasteiger partial charge on any atom is -0.359 e. The topological polar surface area (TPSA) is 83.9 Å². The van der Waals surface area contributed by atoms with Crippen LogP contribution >= 0.6 is 0 Å². The van der Waals surface area contributed by atoms with Crippen LogP contribution in [0.2, 0.25) is 0 Å². The van der Waals surface area contributed by atoms with E-state index in [-0.39, 0.29) is 11.9 Å². The number of carbonyl (C=O) groups is 1. The molecule has 0 radical (unpaired) electrons. The van der Waals surface area contributed by atoms with Crippen LogP contribution in [0.4, 0.5) is 5.95 Å². The minimum absolute atomic E-state index is 0.0213. The van der Waals surface area contributed by atoms with Crippen LogP contribution in [0.15, 0.2) is 24.5 Å². The van der Waals surface area contributed by atoms with Crippen molar-refractivity contribution >= 4 is 11.9 Å². The van der Waals surface area contributed by atoms with Gasteiger partial charge in [-0.2, -0.15) is 0 Å². The van der Waals surface area contributed by atoms with Crippen LogP contribution < -0.4 is 10.2 Å². The van der Waals surface area contributed by atoms with Gasteiger partial charge in [-0.15, -0.1) is 0 Å². The first-order chi connectivity index (χ1) is 11.7. The number of nitrogens with one attached hydrogen (secondary N) is 1. The number of nitrogens with zero attached hydrogens (tertiary/aromatic N) is 5. The average Bonchev–Trinajstić information content (AvgIpc) is 3.09. The van der Waals surface area contributed by atoms with Crippen molar-refractivity contribution in [1.29, 1.82) is 0 Å². The van der Waals surface area contributed by atoms with Gasteiger partial charge in [0.2, 0.25) is 11.9 Å². The molecule has 0 aromatic carbocycles. The van der Waals surface area contributed by atoms with E-state index >= 15 is 0 Å². The third-order valence-corrected chi connectivity index (χ3v) is 4.17. The van der Waals surface area contributed by atoms with E-state index in [1.165, 1.54) is 0 Å². The van der Waals surface area contributed by atoms with E-state index in [0.29, 0.717) is 12.8 Å². The lowest BCUT2D eigenvalue weighted by molar-refractivity contribution is -0.120. The van der Waals surface area contributed by atoms with Crippen LogP contribution in [0.3, 0.4) is 0 Å². The van der Waals surface area contributed by atoms with Gasteiger partial charge in [-0.1, -0.05) is 0 Å². The Labute approximate surface area is 141 Å². The van der Waals surface area contributed by atoms with Gasteiger partial charge in [-0.05, 0) is 38.3 Å². The molecule has 3 heterocycles. The largest absolute Gasteiger partial charge is 0.359 e. The fourth-order valence-electron chi connectivity index (χ4n) is 3.02. The zero-order chi connectivity index (χ0) is 16.9. The summed E-state index contributed by atoms with van der Waals surface area (Å²) >= 11 is 0. The molecule has 1 fully saturated rings. The molecule has 1 atom stereocenters. The van der Waals surface area contributed by atoms with Gasteiger partial charge in [-0.3, -0.25) is 4.79 Å². The predicted molar refractivity (Wildman–Crippen MR) is 90.5 cm³/mol. The van der Waals surface area contributed by atoms with Crippen molar-refractivity contribution in [3.63, 3.8) is 0 Å². The van der Waals surface area contributed by atoms with Crippen LogP contribution in [0, 0.1) is 6.92 Å². The lowest BCUT2D eigenvalue weighted by Gasteiger charge is -2.23. The molecular weight excluding hydrogens is 304 g/mol. The van der Waals surface area contributed by atoms with Gasteiger partial charge in [0.05, 0.1) is 6.04 Å². The van der Waals surface area contributed by atoms with Gasteiger partial charge in [0, 0.05) is 43.8 Å². The third kappa shape index (κ3) is 3.67. The van der Waals surface area contributed by atoms with Gasteiger partial charge in [0.25, 0.3) is 0 Å². The molecule has 0 bridgehead atoms. The van der Waals surface area contributed by atoms with E-state index < -0.39 is 0 Å². The van der Waals surface area contributed by atoms with Gasteiger partial charge in [0.15, 0.2) is 5.82 Å². The zero-order valence-corrected chi connectivity index (χ0v) is 14.1. The van der Waals surface area contributed by atoms with E-state index in [2.05, 4.69) is 25.2 Å². The summed E-state index contributed by atoms with van der Waals surface area (Å²) in [5, 5.41) is 2.64. The quantitative estimate of drug-likeness (QED) is 0.898. The highest BCUT2D eigenvalue weighted by Gasteiger charge is 2.30. The third-order valence-electron chi connectivity index (χ3n) is 4.17. The van der Waals surface area contributed by atoms with E-state index in [1.54, 1.807) is 19.4 Å². The standard InChI is InChI=1S/C17H22N6O/c1-12-11-13(6-7-15(24)18-2)22-16(21-12)14-5-3-10-23(14)17-19-8-4-9-20-17/h4,8-9,11,14H,3,5-7,10H2,1-2H3,(H,18,24)/t14-/m0/s1. The Morgan fingerprint density at radius 3 is 2.88 bits per heavy atom. The molecule has 3 rings (SSSR count). The fourth-order valence-corrected chi connectivity index (χ4v) is 3.02. The molecule has 2 aromatic rings. The number of hydrogen-bond donors (Lipinski definition) is 1. The summed E-state index contributed by atoms with van der Waals surface area (Å²) in [6.07, 6.45) is 6.60. The van der Waals surface area contributed by atoms with Crippen molar-refractivity contribution in [2.24, 2.45) is 0 Å². The second-order valence-electron chi connectivity index (χ2n) is 5.93. The summed E-state index contributed by atoms with van der Waals surface area (Å²) in [7, 11) is 1.65. The highest BCUT2D eigenvalue weighted by atomic mass is 16.1. The molecular formula is C17H22N6O. The first-order valence-electron chi connectivity index (χ1n) is 8.26. The lowest BCUT2D eigenvalue weighted by Crippen LogP contribution is -2.26. The van der Waals surface area contributed by atoms with Crippen molar-refractivity contribution in [2.45, 2.75) is 38.6 Å². The summed E-state index contributed by atoms with van der Waals surface area (Å²) < 4.78 is 0. The number of carbonyl (C=O) groups excluding carboxylic acids is 1. The molecule has 24 heavy (non-hydrogen) atoms. The maximum Gasteiger partial charge on any atom is 0.225 e. The summed E-state index contributed by atoms with van der Waals surface area (Å²) in [4.78, 5) is 31.7. The molecule has 0 aliphatic carbocycles.